The summed E-state index contributed by atoms with van der Waals surface area (Å²) >= 11 is 0. The summed E-state index contributed by atoms with van der Waals surface area (Å²) in [5.74, 6) is -0.880. The zero-order valence-electron chi connectivity index (χ0n) is 10.5. The summed E-state index contributed by atoms with van der Waals surface area (Å²) < 4.78 is 11.6. The van der Waals surface area contributed by atoms with E-state index in [-0.39, 0.29) is 11.7 Å². The van der Waals surface area contributed by atoms with Crippen LogP contribution in [-0.4, -0.2) is 35.5 Å². The lowest BCUT2D eigenvalue weighted by atomic mass is 9.79. The second-order valence-corrected chi connectivity index (χ2v) is 5.32. The third-order valence-corrected chi connectivity index (χ3v) is 3.96. The number of carbonyl (C=O) groups is 1. The molecule has 1 N–H and O–H groups in total. The first-order valence-corrected chi connectivity index (χ1v) is 6.64. The SMILES string of the molecule is C[C@@H](OC1CCOC2(CCCCC2)C1)C(=O)O. The van der Waals surface area contributed by atoms with Crippen LogP contribution in [0.2, 0.25) is 0 Å². The zero-order valence-corrected chi connectivity index (χ0v) is 10.5. The van der Waals surface area contributed by atoms with E-state index in [2.05, 4.69) is 0 Å². The Balaban J connectivity index is 1.90. The highest BCUT2D eigenvalue weighted by Crippen LogP contribution is 2.39. The molecule has 0 aromatic heterocycles. The average Bonchev–Trinajstić information content (AvgIpc) is 2.30. The molecule has 1 saturated carbocycles. The molecule has 1 aliphatic carbocycles. The first kappa shape index (κ1) is 12.8. The van der Waals surface area contributed by atoms with Crippen molar-refractivity contribution >= 4 is 5.97 Å². The monoisotopic (exact) mass is 242 g/mol. The first-order chi connectivity index (χ1) is 8.11. The predicted molar refractivity (Wildman–Crippen MR) is 63.0 cm³/mol. The Labute approximate surface area is 102 Å². The number of aliphatic carboxylic acids is 1. The summed E-state index contributed by atoms with van der Waals surface area (Å²) in [6, 6.07) is 0. The van der Waals surface area contributed by atoms with Crippen molar-refractivity contribution in [2.24, 2.45) is 0 Å². The van der Waals surface area contributed by atoms with Crippen molar-refractivity contribution in [2.45, 2.75) is 69.7 Å². The number of ether oxygens (including phenoxy) is 2. The van der Waals surface area contributed by atoms with E-state index in [9.17, 15) is 4.79 Å². The molecule has 2 fully saturated rings. The molecular formula is C13H22O4. The standard InChI is InChI=1S/C13H22O4/c1-10(12(14)15)17-11-5-8-16-13(9-11)6-3-2-4-7-13/h10-11H,2-9H2,1H3,(H,14,15)/t10-,11?/m1/s1. The second-order valence-electron chi connectivity index (χ2n) is 5.32. The Morgan fingerprint density at radius 1 is 1.41 bits per heavy atom. The number of hydrogen-bond donors (Lipinski definition) is 1. The summed E-state index contributed by atoms with van der Waals surface area (Å²) in [6.45, 7) is 2.31. The van der Waals surface area contributed by atoms with Gasteiger partial charge in [-0.1, -0.05) is 19.3 Å². The molecule has 0 bridgehead atoms. The fraction of sp³-hybridized carbons (Fsp3) is 0.923. The lowest BCUT2D eigenvalue weighted by Crippen LogP contribution is -2.45. The van der Waals surface area contributed by atoms with Gasteiger partial charge in [-0.15, -0.1) is 0 Å². The van der Waals surface area contributed by atoms with Crippen LogP contribution in [0.25, 0.3) is 0 Å². The van der Waals surface area contributed by atoms with Crippen LogP contribution in [0.1, 0.15) is 51.9 Å². The van der Waals surface area contributed by atoms with E-state index in [1.807, 2.05) is 0 Å². The third kappa shape index (κ3) is 3.19. The fourth-order valence-electron chi connectivity index (χ4n) is 2.99. The third-order valence-electron chi connectivity index (χ3n) is 3.96. The van der Waals surface area contributed by atoms with Gasteiger partial charge in [0.15, 0.2) is 6.10 Å². The molecule has 1 saturated heterocycles. The maximum Gasteiger partial charge on any atom is 0.332 e. The van der Waals surface area contributed by atoms with E-state index < -0.39 is 12.1 Å². The molecule has 2 rings (SSSR count). The minimum Gasteiger partial charge on any atom is -0.479 e. The maximum atomic E-state index is 10.8. The molecule has 4 heteroatoms. The van der Waals surface area contributed by atoms with Crippen LogP contribution in [0.3, 0.4) is 0 Å². The van der Waals surface area contributed by atoms with E-state index in [4.69, 9.17) is 14.6 Å². The van der Waals surface area contributed by atoms with E-state index in [1.54, 1.807) is 6.92 Å². The molecule has 4 nitrogen and oxygen atoms in total. The second kappa shape index (κ2) is 5.36. The van der Waals surface area contributed by atoms with Crippen LogP contribution in [0, 0.1) is 0 Å². The highest BCUT2D eigenvalue weighted by Gasteiger charge is 2.39. The van der Waals surface area contributed by atoms with Gasteiger partial charge < -0.3 is 14.6 Å². The Hall–Kier alpha value is -0.610. The molecule has 2 aliphatic rings. The minimum atomic E-state index is -0.880. The van der Waals surface area contributed by atoms with Crippen molar-refractivity contribution in [1.82, 2.24) is 0 Å². The molecular weight excluding hydrogens is 220 g/mol. The molecule has 1 aliphatic heterocycles. The molecule has 1 heterocycles. The molecule has 0 amide bonds. The molecule has 2 atom stereocenters. The molecule has 0 aromatic rings. The average molecular weight is 242 g/mol. The van der Waals surface area contributed by atoms with E-state index >= 15 is 0 Å². The molecule has 1 spiro atoms. The first-order valence-electron chi connectivity index (χ1n) is 6.64. The quantitative estimate of drug-likeness (QED) is 0.825. The number of carboxylic acid groups (broad SMARTS) is 1. The lowest BCUT2D eigenvalue weighted by Gasteiger charge is -2.43. The van der Waals surface area contributed by atoms with Crippen molar-refractivity contribution in [1.29, 1.82) is 0 Å². The summed E-state index contributed by atoms with van der Waals surface area (Å²) in [6.07, 6.45) is 6.98. The van der Waals surface area contributed by atoms with Crippen molar-refractivity contribution in [3.8, 4) is 0 Å². The smallest absolute Gasteiger partial charge is 0.332 e. The van der Waals surface area contributed by atoms with Gasteiger partial charge in [0.1, 0.15) is 0 Å². The van der Waals surface area contributed by atoms with Crippen LogP contribution >= 0.6 is 0 Å². The van der Waals surface area contributed by atoms with Gasteiger partial charge in [0, 0.05) is 13.0 Å². The van der Waals surface area contributed by atoms with Crippen molar-refractivity contribution in [2.75, 3.05) is 6.61 Å². The van der Waals surface area contributed by atoms with Gasteiger partial charge in [-0.2, -0.15) is 0 Å². The highest BCUT2D eigenvalue weighted by molar-refractivity contribution is 5.71. The maximum absolute atomic E-state index is 10.8. The summed E-state index contributed by atoms with van der Waals surface area (Å²) in [5.41, 5.74) is -0.0145. The fourth-order valence-corrected chi connectivity index (χ4v) is 2.99. The van der Waals surface area contributed by atoms with Crippen LogP contribution in [0.15, 0.2) is 0 Å². The van der Waals surface area contributed by atoms with Gasteiger partial charge in [-0.05, 0) is 26.2 Å². The van der Waals surface area contributed by atoms with Crippen LogP contribution in [-0.2, 0) is 14.3 Å². The normalized spacial score (nSPS) is 30.1. The van der Waals surface area contributed by atoms with Crippen LogP contribution in [0.4, 0.5) is 0 Å². The van der Waals surface area contributed by atoms with Gasteiger partial charge >= 0.3 is 5.97 Å². The Kier molecular flexibility index (Phi) is 4.05. The number of carboxylic acids is 1. The van der Waals surface area contributed by atoms with Gasteiger partial charge in [-0.25, -0.2) is 4.79 Å². The molecule has 17 heavy (non-hydrogen) atoms. The minimum absolute atomic E-state index is 0.0145. The largest absolute Gasteiger partial charge is 0.479 e. The zero-order chi connectivity index (χ0) is 12.3. The van der Waals surface area contributed by atoms with Crippen molar-refractivity contribution < 1.29 is 19.4 Å². The Bertz CT molecular complexity index is 265. The molecule has 0 radical (unpaired) electrons. The topological polar surface area (TPSA) is 55.8 Å². The summed E-state index contributed by atoms with van der Waals surface area (Å²) in [5, 5.41) is 8.86. The molecule has 1 unspecified atom stereocenters. The number of hydrogen-bond acceptors (Lipinski definition) is 3. The summed E-state index contributed by atoms with van der Waals surface area (Å²) in [7, 11) is 0. The van der Waals surface area contributed by atoms with Crippen LogP contribution in [0.5, 0.6) is 0 Å². The highest BCUT2D eigenvalue weighted by atomic mass is 16.5. The van der Waals surface area contributed by atoms with Crippen molar-refractivity contribution in [3.05, 3.63) is 0 Å². The Morgan fingerprint density at radius 2 is 2.12 bits per heavy atom. The van der Waals surface area contributed by atoms with Gasteiger partial charge in [0.2, 0.25) is 0 Å². The van der Waals surface area contributed by atoms with Gasteiger partial charge in [0.05, 0.1) is 11.7 Å². The summed E-state index contributed by atoms with van der Waals surface area (Å²) in [4.78, 5) is 10.8. The van der Waals surface area contributed by atoms with E-state index in [1.165, 1.54) is 19.3 Å². The number of rotatable bonds is 3. The molecule has 0 aromatic carbocycles. The molecule has 98 valence electrons. The van der Waals surface area contributed by atoms with Gasteiger partial charge in [-0.3, -0.25) is 0 Å². The lowest BCUT2D eigenvalue weighted by molar-refractivity contribution is -0.174. The van der Waals surface area contributed by atoms with Gasteiger partial charge in [0.25, 0.3) is 0 Å². The van der Waals surface area contributed by atoms with E-state index in [0.29, 0.717) is 6.61 Å². The van der Waals surface area contributed by atoms with E-state index in [0.717, 1.165) is 25.7 Å². The Morgan fingerprint density at radius 3 is 2.76 bits per heavy atom. The van der Waals surface area contributed by atoms with Crippen LogP contribution < -0.4 is 0 Å². The van der Waals surface area contributed by atoms with Crippen molar-refractivity contribution in [3.63, 3.8) is 0 Å². The predicted octanol–water partition coefficient (Wildman–Crippen LogP) is 2.36.